The van der Waals surface area contributed by atoms with Gasteiger partial charge in [-0.05, 0) is 52.4 Å². The van der Waals surface area contributed by atoms with Crippen molar-refractivity contribution in [3.8, 4) is 11.4 Å². The Hall–Kier alpha value is -3.13. The first-order valence-electron chi connectivity index (χ1n) is 10.5. The predicted octanol–water partition coefficient (Wildman–Crippen LogP) is 2.62. The Balaban J connectivity index is 1.52. The number of nitrogens with zero attached hydrogens (tertiary/aromatic N) is 7. The molecule has 1 saturated heterocycles. The maximum Gasteiger partial charge on any atom is 0.258 e. The van der Waals surface area contributed by atoms with Crippen molar-refractivity contribution in [2.45, 2.75) is 39.5 Å². The summed E-state index contributed by atoms with van der Waals surface area (Å²) >= 11 is 0. The molecule has 4 aromatic heterocycles. The monoisotopic (exact) mass is 403 g/mol. The average Bonchev–Trinajstić information content (AvgIpc) is 3.18. The first-order valence-corrected chi connectivity index (χ1v) is 10.5. The van der Waals surface area contributed by atoms with Gasteiger partial charge in [0.1, 0.15) is 5.69 Å². The van der Waals surface area contributed by atoms with Crippen molar-refractivity contribution >= 4 is 11.2 Å². The highest BCUT2D eigenvalue weighted by molar-refractivity contribution is 5.65. The van der Waals surface area contributed by atoms with Crippen LogP contribution in [0.1, 0.15) is 42.8 Å². The van der Waals surface area contributed by atoms with Crippen LogP contribution in [0, 0.1) is 13.8 Å². The minimum Gasteiger partial charge on any atom is -0.304 e. The summed E-state index contributed by atoms with van der Waals surface area (Å²) in [5.41, 5.74) is 5.29. The standard InChI is InChI=1S/C22H25N7O/c1-4-27-7-5-16(6-8-27)19-13-28-21(11-23-19)25-17(10-22(28)30)18-9-20-15(3)24-14(2)12-29(20)26-18/h9-13,16H,4-8H2,1-3H3. The second-order valence-electron chi connectivity index (χ2n) is 8.06. The summed E-state index contributed by atoms with van der Waals surface area (Å²) < 4.78 is 3.39. The van der Waals surface area contributed by atoms with Crippen molar-refractivity contribution in [2.75, 3.05) is 19.6 Å². The average molecular weight is 403 g/mol. The molecule has 1 aliphatic heterocycles. The van der Waals surface area contributed by atoms with E-state index in [1.54, 1.807) is 21.2 Å². The number of hydrogen-bond acceptors (Lipinski definition) is 6. The Bertz CT molecular complexity index is 1300. The lowest BCUT2D eigenvalue weighted by atomic mass is 9.94. The van der Waals surface area contributed by atoms with E-state index in [1.807, 2.05) is 32.3 Å². The Labute approximate surface area is 174 Å². The molecule has 0 radical (unpaired) electrons. The Kier molecular flexibility index (Phi) is 4.58. The summed E-state index contributed by atoms with van der Waals surface area (Å²) in [5, 5.41) is 4.60. The molecule has 5 rings (SSSR count). The lowest BCUT2D eigenvalue weighted by molar-refractivity contribution is 0.220. The lowest BCUT2D eigenvalue weighted by Gasteiger charge is -2.30. The van der Waals surface area contributed by atoms with E-state index in [0.717, 1.165) is 55.1 Å². The number of likely N-dealkylation sites (tertiary alicyclic amines) is 1. The molecule has 154 valence electrons. The van der Waals surface area contributed by atoms with Gasteiger partial charge in [0.15, 0.2) is 5.65 Å². The highest BCUT2D eigenvalue weighted by atomic mass is 16.1. The highest BCUT2D eigenvalue weighted by Gasteiger charge is 2.21. The van der Waals surface area contributed by atoms with E-state index in [0.29, 0.717) is 23.0 Å². The third kappa shape index (κ3) is 3.27. The molecule has 0 aromatic carbocycles. The molecule has 1 fully saturated rings. The molecular weight excluding hydrogens is 378 g/mol. The summed E-state index contributed by atoms with van der Waals surface area (Å²) in [6.07, 6.45) is 7.58. The Morgan fingerprint density at radius 3 is 2.63 bits per heavy atom. The molecule has 0 amide bonds. The third-order valence-corrected chi connectivity index (χ3v) is 6.05. The van der Waals surface area contributed by atoms with Gasteiger partial charge in [0.05, 0.1) is 40.7 Å². The van der Waals surface area contributed by atoms with E-state index in [4.69, 9.17) is 0 Å². The number of aryl methyl sites for hydroxylation is 2. The van der Waals surface area contributed by atoms with Crippen LogP contribution in [0.5, 0.6) is 0 Å². The third-order valence-electron chi connectivity index (χ3n) is 6.05. The zero-order valence-electron chi connectivity index (χ0n) is 17.5. The van der Waals surface area contributed by atoms with Gasteiger partial charge in [0.25, 0.3) is 5.56 Å². The summed E-state index contributed by atoms with van der Waals surface area (Å²) in [6, 6.07) is 3.47. The van der Waals surface area contributed by atoms with Crippen molar-refractivity contribution in [1.82, 2.24) is 33.9 Å². The Morgan fingerprint density at radius 1 is 1.07 bits per heavy atom. The molecule has 0 aliphatic carbocycles. The van der Waals surface area contributed by atoms with E-state index in [9.17, 15) is 4.79 Å². The van der Waals surface area contributed by atoms with Crippen LogP contribution in [0.15, 0.2) is 35.5 Å². The molecule has 4 aromatic rings. The van der Waals surface area contributed by atoms with E-state index in [-0.39, 0.29) is 5.56 Å². The number of piperidine rings is 1. The van der Waals surface area contributed by atoms with Crippen molar-refractivity contribution in [1.29, 1.82) is 0 Å². The fourth-order valence-electron chi connectivity index (χ4n) is 4.33. The highest BCUT2D eigenvalue weighted by Crippen LogP contribution is 2.26. The van der Waals surface area contributed by atoms with Crippen LogP contribution in [0.3, 0.4) is 0 Å². The van der Waals surface area contributed by atoms with Gasteiger partial charge in [-0.25, -0.2) is 9.50 Å². The van der Waals surface area contributed by atoms with Crippen LogP contribution < -0.4 is 5.56 Å². The van der Waals surface area contributed by atoms with Gasteiger partial charge in [-0.3, -0.25) is 19.2 Å². The molecule has 0 atom stereocenters. The molecular formula is C22H25N7O. The van der Waals surface area contributed by atoms with Crippen molar-refractivity contribution in [3.05, 3.63) is 58.2 Å². The molecule has 30 heavy (non-hydrogen) atoms. The summed E-state index contributed by atoms with van der Waals surface area (Å²) in [7, 11) is 0. The first kappa shape index (κ1) is 18.9. The van der Waals surface area contributed by atoms with Crippen molar-refractivity contribution in [3.63, 3.8) is 0 Å². The molecule has 1 aliphatic rings. The SMILES string of the molecule is CCN1CCC(c2cn3c(=O)cc(-c4cc5c(C)nc(C)cn5n4)nc3cn2)CC1. The summed E-state index contributed by atoms with van der Waals surface area (Å²) in [5.74, 6) is 0.390. The van der Waals surface area contributed by atoms with Crippen LogP contribution in [0.4, 0.5) is 0 Å². The Morgan fingerprint density at radius 2 is 1.87 bits per heavy atom. The van der Waals surface area contributed by atoms with E-state index in [1.165, 1.54) is 0 Å². The maximum atomic E-state index is 12.9. The van der Waals surface area contributed by atoms with Gasteiger partial charge in [-0.2, -0.15) is 5.10 Å². The van der Waals surface area contributed by atoms with Gasteiger partial charge >= 0.3 is 0 Å². The smallest absolute Gasteiger partial charge is 0.258 e. The van der Waals surface area contributed by atoms with Crippen molar-refractivity contribution < 1.29 is 0 Å². The molecule has 0 N–H and O–H groups in total. The molecule has 8 nitrogen and oxygen atoms in total. The van der Waals surface area contributed by atoms with Crippen LogP contribution in [0.2, 0.25) is 0 Å². The van der Waals surface area contributed by atoms with Crippen molar-refractivity contribution in [2.24, 2.45) is 0 Å². The number of hydrogen-bond donors (Lipinski definition) is 0. The van der Waals surface area contributed by atoms with Crippen LogP contribution in [-0.4, -0.2) is 53.5 Å². The number of rotatable bonds is 3. The van der Waals surface area contributed by atoms with Gasteiger partial charge in [0, 0.05) is 18.2 Å². The second-order valence-corrected chi connectivity index (χ2v) is 8.06. The second kappa shape index (κ2) is 7.28. The normalized spacial score (nSPS) is 16.0. The fourth-order valence-corrected chi connectivity index (χ4v) is 4.33. The molecule has 0 unspecified atom stereocenters. The minimum atomic E-state index is -0.118. The van der Waals surface area contributed by atoms with Gasteiger partial charge in [0.2, 0.25) is 0 Å². The van der Waals surface area contributed by atoms with E-state index in [2.05, 4.69) is 31.9 Å². The lowest BCUT2D eigenvalue weighted by Crippen LogP contribution is -2.33. The zero-order chi connectivity index (χ0) is 20.8. The molecule has 0 bridgehead atoms. The largest absolute Gasteiger partial charge is 0.304 e. The van der Waals surface area contributed by atoms with Gasteiger partial charge in [-0.1, -0.05) is 6.92 Å². The van der Waals surface area contributed by atoms with Gasteiger partial charge in [-0.15, -0.1) is 0 Å². The minimum absolute atomic E-state index is 0.118. The predicted molar refractivity (Wildman–Crippen MR) is 115 cm³/mol. The van der Waals surface area contributed by atoms with Crippen LogP contribution in [-0.2, 0) is 0 Å². The molecule has 5 heterocycles. The zero-order valence-corrected chi connectivity index (χ0v) is 17.5. The molecule has 0 saturated carbocycles. The topological polar surface area (TPSA) is 80.7 Å². The maximum absolute atomic E-state index is 12.9. The van der Waals surface area contributed by atoms with Crippen LogP contribution in [0.25, 0.3) is 22.6 Å². The fraction of sp³-hybridized carbons (Fsp3) is 0.409. The molecule has 8 heteroatoms. The summed E-state index contributed by atoms with van der Waals surface area (Å²) in [4.78, 5) is 29.1. The quantitative estimate of drug-likeness (QED) is 0.523. The number of fused-ring (bicyclic) bond motifs is 2. The summed E-state index contributed by atoms with van der Waals surface area (Å²) in [6.45, 7) is 9.32. The first-order chi connectivity index (χ1) is 14.5. The number of aromatic nitrogens is 6. The van der Waals surface area contributed by atoms with E-state index < -0.39 is 0 Å². The molecule has 0 spiro atoms. The van der Waals surface area contributed by atoms with E-state index >= 15 is 0 Å². The van der Waals surface area contributed by atoms with Gasteiger partial charge < -0.3 is 4.90 Å². The van der Waals surface area contributed by atoms with Crippen LogP contribution >= 0.6 is 0 Å².